The standard InChI is InChI=1S/C24H28N2O3/c1-4-7-20(21-8-5-6-9-22(21)28)16-23(24(25)26-3)29-15-14-18-10-12-19(13-11-18)17(2)27/h5-13,16,28H,4,14-15H2,1-3H3,(H2,25,26)/b20-7-,23-16+. The third-order valence-electron chi connectivity index (χ3n) is 4.43. The van der Waals surface area contributed by atoms with Gasteiger partial charge in [-0.25, -0.2) is 0 Å². The van der Waals surface area contributed by atoms with Crippen LogP contribution in [-0.2, 0) is 11.2 Å². The van der Waals surface area contributed by atoms with E-state index in [2.05, 4.69) is 4.99 Å². The van der Waals surface area contributed by atoms with E-state index in [-0.39, 0.29) is 17.4 Å². The van der Waals surface area contributed by atoms with Crippen molar-refractivity contribution in [3.63, 3.8) is 0 Å². The highest BCUT2D eigenvalue weighted by Crippen LogP contribution is 2.27. The Labute approximate surface area is 172 Å². The van der Waals surface area contributed by atoms with Crippen LogP contribution in [0.15, 0.2) is 71.4 Å². The molecule has 0 fully saturated rings. The molecule has 29 heavy (non-hydrogen) atoms. The van der Waals surface area contributed by atoms with Gasteiger partial charge in [0.05, 0.1) is 6.61 Å². The average molecular weight is 392 g/mol. The molecule has 0 atom stereocenters. The molecule has 152 valence electrons. The predicted octanol–water partition coefficient (Wildman–Crippen LogP) is 4.52. The first-order chi connectivity index (χ1) is 14.0. The number of hydrogen-bond donors (Lipinski definition) is 2. The van der Waals surface area contributed by atoms with Crippen molar-refractivity contribution in [3.8, 4) is 5.75 Å². The molecule has 0 unspecified atom stereocenters. The summed E-state index contributed by atoms with van der Waals surface area (Å²) >= 11 is 0. The Morgan fingerprint density at radius 1 is 1.17 bits per heavy atom. The van der Waals surface area contributed by atoms with Crippen LogP contribution >= 0.6 is 0 Å². The first-order valence-electron chi connectivity index (χ1n) is 9.61. The largest absolute Gasteiger partial charge is 0.507 e. The summed E-state index contributed by atoms with van der Waals surface area (Å²) in [5.41, 5.74) is 9.32. The summed E-state index contributed by atoms with van der Waals surface area (Å²) in [4.78, 5) is 15.4. The van der Waals surface area contributed by atoms with Gasteiger partial charge in [-0.2, -0.15) is 0 Å². The molecule has 0 bridgehead atoms. The second-order valence-corrected chi connectivity index (χ2v) is 6.55. The number of carbonyl (C=O) groups is 1. The molecule has 0 amide bonds. The molecule has 5 heteroatoms. The molecule has 0 saturated heterocycles. The number of nitrogens with two attached hydrogens (primary N) is 1. The minimum absolute atomic E-state index is 0.0457. The zero-order valence-electron chi connectivity index (χ0n) is 17.2. The van der Waals surface area contributed by atoms with Crippen LogP contribution < -0.4 is 5.73 Å². The molecule has 0 aliphatic carbocycles. The Balaban J connectivity index is 2.18. The number of ketones is 1. The van der Waals surface area contributed by atoms with Gasteiger partial charge in [-0.05, 0) is 36.6 Å². The summed E-state index contributed by atoms with van der Waals surface area (Å²) in [6, 6.07) is 14.6. The molecular formula is C24H28N2O3. The minimum atomic E-state index is 0.0457. The van der Waals surface area contributed by atoms with Gasteiger partial charge in [-0.15, -0.1) is 0 Å². The van der Waals surface area contributed by atoms with Crippen molar-refractivity contribution in [3.05, 3.63) is 83.1 Å². The molecule has 2 aromatic carbocycles. The van der Waals surface area contributed by atoms with E-state index in [1.165, 1.54) is 0 Å². The molecule has 2 rings (SSSR count). The summed E-state index contributed by atoms with van der Waals surface area (Å²) < 4.78 is 5.93. The van der Waals surface area contributed by atoms with Crippen LogP contribution in [0.5, 0.6) is 5.75 Å². The van der Waals surface area contributed by atoms with Crippen molar-refractivity contribution in [1.82, 2.24) is 0 Å². The lowest BCUT2D eigenvalue weighted by Gasteiger charge is -2.13. The number of phenolic OH excluding ortho intramolecular Hbond substituents is 1. The zero-order chi connectivity index (χ0) is 21.2. The van der Waals surface area contributed by atoms with Gasteiger partial charge in [0.2, 0.25) is 0 Å². The third kappa shape index (κ3) is 6.35. The summed E-state index contributed by atoms with van der Waals surface area (Å²) in [5, 5.41) is 10.2. The number of Topliss-reactive ketones (excluding diaryl/α,β-unsaturated/α-hetero) is 1. The molecule has 0 aliphatic heterocycles. The number of ether oxygens (including phenoxy) is 1. The van der Waals surface area contributed by atoms with E-state index in [1.807, 2.05) is 49.4 Å². The Kier molecular flexibility index (Phi) is 8.22. The number of carbonyl (C=O) groups excluding carboxylic acids is 1. The van der Waals surface area contributed by atoms with Gasteiger partial charge in [-0.3, -0.25) is 9.79 Å². The normalized spacial score (nSPS) is 12.7. The number of benzene rings is 2. The summed E-state index contributed by atoms with van der Waals surface area (Å²) in [6.07, 6.45) is 5.26. The highest BCUT2D eigenvalue weighted by Gasteiger charge is 2.10. The zero-order valence-corrected chi connectivity index (χ0v) is 17.2. The molecule has 0 radical (unpaired) electrons. The maximum absolute atomic E-state index is 11.4. The van der Waals surface area contributed by atoms with Crippen LogP contribution in [-0.4, -0.2) is 30.4 Å². The molecule has 0 saturated carbocycles. The van der Waals surface area contributed by atoms with Crippen molar-refractivity contribution in [2.75, 3.05) is 13.7 Å². The van der Waals surface area contributed by atoms with E-state index in [1.54, 1.807) is 32.2 Å². The number of nitrogens with zero attached hydrogens (tertiary/aromatic N) is 1. The van der Waals surface area contributed by atoms with E-state index in [0.717, 1.165) is 17.6 Å². The fraction of sp³-hybridized carbons (Fsp3) is 0.250. The van der Waals surface area contributed by atoms with Crippen molar-refractivity contribution in [1.29, 1.82) is 0 Å². The van der Waals surface area contributed by atoms with Gasteiger partial charge in [0.25, 0.3) is 0 Å². The van der Waals surface area contributed by atoms with Crippen LogP contribution in [0.3, 0.4) is 0 Å². The molecule has 0 heterocycles. The van der Waals surface area contributed by atoms with Crippen molar-refractivity contribution in [2.45, 2.75) is 26.7 Å². The van der Waals surface area contributed by atoms with Gasteiger partial charge in [0.15, 0.2) is 17.4 Å². The number of aromatic hydroxyl groups is 1. The van der Waals surface area contributed by atoms with Gasteiger partial charge in [0, 0.05) is 24.6 Å². The topological polar surface area (TPSA) is 84.9 Å². The Bertz CT molecular complexity index is 925. The van der Waals surface area contributed by atoms with Crippen molar-refractivity contribution >= 4 is 17.2 Å². The first kappa shape index (κ1) is 22.0. The quantitative estimate of drug-likeness (QED) is 0.216. The van der Waals surface area contributed by atoms with E-state index >= 15 is 0 Å². The molecule has 5 nitrogen and oxygen atoms in total. The average Bonchev–Trinajstić information content (AvgIpc) is 2.72. The van der Waals surface area contributed by atoms with Crippen LogP contribution in [0, 0.1) is 0 Å². The molecule has 0 spiro atoms. The molecular weight excluding hydrogens is 364 g/mol. The maximum Gasteiger partial charge on any atom is 0.161 e. The molecule has 2 aromatic rings. The number of para-hydroxylation sites is 1. The fourth-order valence-electron chi connectivity index (χ4n) is 2.81. The van der Waals surface area contributed by atoms with Gasteiger partial charge in [0.1, 0.15) is 5.75 Å². The Morgan fingerprint density at radius 2 is 1.86 bits per heavy atom. The lowest BCUT2D eigenvalue weighted by Crippen LogP contribution is -2.18. The highest BCUT2D eigenvalue weighted by atomic mass is 16.5. The summed E-state index contributed by atoms with van der Waals surface area (Å²) in [6.45, 7) is 3.98. The smallest absolute Gasteiger partial charge is 0.161 e. The number of amidine groups is 1. The van der Waals surface area contributed by atoms with Crippen LogP contribution in [0.4, 0.5) is 0 Å². The molecule has 0 aromatic heterocycles. The number of rotatable bonds is 9. The number of aliphatic imine (C=N–C) groups is 1. The lowest BCUT2D eigenvalue weighted by molar-refractivity contribution is 0.101. The predicted molar refractivity (Wildman–Crippen MR) is 118 cm³/mol. The number of phenols is 1. The SMILES string of the molecule is CC/C=C(/C=C(/OCCc1ccc(C(C)=O)cc1)C(N)=NC)c1ccccc1O. The maximum atomic E-state index is 11.4. The second-order valence-electron chi connectivity index (χ2n) is 6.55. The van der Waals surface area contributed by atoms with Crippen LogP contribution in [0.2, 0.25) is 0 Å². The molecule has 3 N–H and O–H groups in total. The highest BCUT2D eigenvalue weighted by molar-refractivity contribution is 5.98. The van der Waals surface area contributed by atoms with Crippen molar-refractivity contribution < 1.29 is 14.6 Å². The van der Waals surface area contributed by atoms with Gasteiger partial charge in [-0.1, -0.05) is 55.5 Å². The van der Waals surface area contributed by atoms with E-state index in [4.69, 9.17) is 10.5 Å². The van der Waals surface area contributed by atoms with Crippen LogP contribution in [0.1, 0.15) is 41.8 Å². The fourth-order valence-corrected chi connectivity index (χ4v) is 2.81. The first-order valence-corrected chi connectivity index (χ1v) is 9.61. The van der Waals surface area contributed by atoms with Crippen molar-refractivity contribution in [2.24, 2.45) is 10.7 Å². The Hall–Kier alpha value is -3.34. The minimum Gasteiger partial charge on any atom is -0.507 e. The number of hydrogen-bond acceptors (Lipinski definition) is 4. The number of allylic oxidation sites excluding steroid dienone is 3. The van der Waals surface area contributed by atoms with Gasteiger partial charge < -0.3 is 15.6 Å². The Morgan fingerprint density at radius 3 is 2.45 bits per heavy atom. The monoisotopic (exact) mass is 392 g/mol. The second kappa shape index (κ2) is 10.9. The van der Waals surface area contributed by atoms with Crippen LogP contribution in [0.25, 0.3) is 5.57 Å². The summed E-state index contributed by atoms with van der Waals surface area (Å²) in [5.74, 6) is 0.981. The van der Waals surface area contributed by atoms with Gasteiger partial charge >= 0.3 is 0 Å². The third-order valence-corrected chi connectivity index (χ3v) is 4.43. The van der Waals surface area contributed by atoms with E-state index in [9.17, 15) is 9.90 Å². The lowest BCUT2D eigenvalue weighted by atomic mass is 10.0. The van der Waals surface area contributed by atoms with E-state index < -0.39 is 0 Å². The van der Waals surface area contributed by atoms with E-state index in [0.29, 0.717) is 29.9 Å². The molecule has 0 aliphatic rings. The summed E-state index contributed by atoms with van der Waals surface area (Å²) in [7, 11) is 1.61.